The van der Waals surface area contributed by atoms with Crippen molar-refractivity contribution >= 4 is 35.1 Å². The molecule has 7 heteroatoms. The Bertz CT molecular complexity index is 955. The van der Waals surface area contributed by atoms with E-state index in [1.54, 1.807) is 42.5 Å². The summed E-state index contributed by atoms with van der Waals surface area (Å²) in [6.07, 6.45) is 0.676. The lowest BCUT2D eigenvalue weighted by Crippen LogP contribution is -2.59. The number of carbonyl (C=O) groups excluding carboxylic acids is 4. The van der Waals surface area contributed by atoms with E-state index in [0.717, 1.165) is 15.6 Å². The van der Waals surface area contributed by atoms with Gasteiger partial charge in [0.15, 0.2) is 5.78 Å². The Morgan fingerprint density at radius 2 is 1.59 bits per heavy atom. The van der Waals surface area contributed by atoms with Crippen molar-refractivity contribution in [2.75, 3.05) is 0 Å². The summed E-state index contributed by atoms with van der Waals surface area (Å²) >= 11 is 6.17. The van der Waals surface area contributed by atoms with Gasteiger partial charge < -0.3 is 0 Å². The molecule has 1 fully saturated rings. The van der Waals surface area contributed by atoms with Crippen LogP contribution in [0.2, 0.25) is 5.02 Å². The molecule has 3 amide bonds. The van der Waals surface area contributed by atoms with Gasteiger partial charge in [0, 0.05) is 18.4 Å². The van der Waals surface area contributed by atoms with Gasteiger partial charge in [0.1, 0.15) is 6.04 Å². The number of halogens is 1. The molecule has 1 saturated heterocycles. The molecule has 0 aromatic heterocycles. The lowest BCUT2D eigenvalue weighted by molar-refractivity contribution is -0.165. The van der Waals surface area contributed by atoms with Gasteiger partial charge in [-0.2, -0.15) is 5.01 Å². The number of hydrogen-bond donors (Lipinski definition) is 0. The van der Waals surface area contributed by atoms with E-state index in [2.05, 4.69) is 0 Å². The highest BCUT2D eigenvalue weighted by Crippen LogP contribution is 2.24. The van der Waals surface area contributed by atoms with Gasteiger partial charge in [0.25, 0.3) is 5.91 Å². The van der Waals surface area contributed by atoms with Gasteiger partial charge in [-0.25, -0.2) is 5.01 Å². The molecule has 2 aromatic carbocycles. The Hall–Kier alpha value is -2.99. The van der Waals surface area contributed by atoms with E-state index in [-0.39, 0.29) is 29.2 Å². The fraction of sp³-hybridized carbons (Fsp3) is 0.273. The first-order valence-corrected chi connectivity index (χ1v) is 9.73. The molecule has 0 bridgehead atoms. The summed E-state index contributed by atoms with van der Waals surface area (Å²) in [6, 6.07) is 12.2. The van der Waals surface area contributed by atoms with Gasteiger partial charge in [0.05, 0.1) is 10.6 Å². The van der Waals surface area contributed by atoms with E-state index in [0.29, 0.717) is 12.0 Å². The fourth-order valence-corrected chi connectivity index (χ4v) is 3.47. The molecule has 0 spiro atoms. The summed E-state index contributed by atoms with van der Waals surface area (Å²) in [5, 5.41) is 1.94. The number of imide groups is 1. The highest BCUT2D eigenvalue weighted by molar-refractivity contribution is 6.34. The second-order valence-electron chi connectivity index (χ2n) is 6.99. The molecule has 1 aliphatic rings. The van der Waals surface area contributed by atoms with Gasteiger partial charge in [-0.15, -0.1) is 0 Å². The van der Waals surface area contributed by atoms with Crippen molar-refractivity contribution < 1.29 is 19.2 Å². The van der Waals surface area contributed by atoms with Crippen LogP contribution in [0, 0.1) is 6.92 Å². The fourth-order valence-electron chi connectivity index (χ4n) is 3.25. The highest BCUT2D eigenvalue weighted by atomic mass is 35.5. The molecule has 1 atom stereocenters. The second-order valence-corrected chi connectivity index (χ2v) is 7.40. The molecule has 6 nitrogen and oxygen atoms in total. The number of benzene rings is 2. The first-order chi connectivity index (χ1) is 13.8. The van der Waals surface area contributed by atoms with Crippen LogP contribution in [0.3, 0.4) is 0 Å². The molecule has 0 radical (unpaired) electrons. The maximum atomic E-state index is 13.3. The van der Waals surface area contributed by atoms with E-state index >= 15 is 0 Å². The number of amides is 3. The Balaban J connectivity index is 2.04. The van der Waals surface area contributed by atoms with Crippen LogP contribution >= 0.6 is 11.6 Å². The minimum atomic E-state index is -1.08. The quantitative estimate of drug-likeness (QED) is 0.552. The normalized spacial score (nSPS) is 15.2. The number of Topliss-reactive ketones (excluding diaryl/α,β-unsaturated/α-hetero) is 1. The van der Waals surface area contributed by atoms with Gasteiger partial charge in [-0.05, 0) is 32.4 Å². The van der Waals surface area contributed by atoms with Gasteiger partial charge >= 0.3 is 0 Å². The molecule has 1 aliphatic heterocycles. The second kappa shape index (κ2) is 8.57. The van der Waals surface area contributed by atoms with E-state index in [1.165, 1.54) is 13.0 Å². The SMILES string of the molecule is Cc1ccc(C(=O)[C@H](C)N(C(=O)c2ccccc2Cl)N2C(=O)CCCC2=O)cc1. The molecular weight excluding hydrogens is 392 g/mol. The summed E-state index contributed by atoms with van der Waals surface area (Å²) in [5.74, 6) is -2.07. The van der Waals surface area contributed by atoms with Crippen molar-refractivity contribution in [2.24, 2.45) is 0 Å². The molecule has 3 rings (SSSR count). The summed E-state index contributed by atoms with van der Waals surface area (Å²) in [6.45, 7) is 3.40. The van der Waals surface area contributed by atoms with Crippen molar-refractivity contribution in [3.05, 3.63) is 70.2 Å². The predicted octanol–water partition coefficient (Wildman–Crippen LogP) is 3.82. The molecule has 150 valence electrons. The maximum absolute atomic E-state index is 13.3. The van der Waals surface area contributed by atoms with Crippen molar-refractivity contribution in [3.8, 4) is 0 Å². The zero-order chi connectivity index (χ0) is 21.1. The smallest absolute Gasteiger partial charge is 0.275 e. The topological polar surface area (TPSA) is 74.8 Å². The van der Waals surface area contributed by atoms with Gasteiger partial charge in [-0.3, -0.25) is 19.2 Å². The van der Waals surface area contributed by atoms with E-state index < -0.39 is 23.8 Å². The lowest BCUT2D eigenvalue weighted by Gasteiger charge is -2.38. The lowest BCUT2D eigenvalue weighted by atomic mass is 10.0. The van der Waals surface area contributed by atoms with Crippen LogP contribution in [0.25, 0.3) is 0 Å². The average Bonchev–Trinajstić information content (AvgIpc) is 2.70. The minimum Gasteiger partial charge on any atom is -0.292 e. The van der Waals surface area contributed by atoms with E-state index in [9.17, 15) is 19.2 Å². The highest BCUT2D eigenvalue weighted by Gasteiger charge is 2.40. The van der Waals surface area contributed by atoms with Crippen LogP contribution in [0.5, 0.6) is 0 Å². The Morgan fingerprint density at radius 1 is 1.00 bits per heavy atom. The third-order valence-electron chi connectivity index (χ3n) is 4.86. The number of ketones is 1. The standard InChI is InChI=1S/C22H21ClN2O4/c1-14-10-12-16(13-11-14)21(28)15(2)24(25-19(26)8-5-9-20(25)27)22(29)17-6-3-4-7-18(17)23/h3-4,6-7,10-13,15H,5,8-9H2,1-2H3/t15-/m0/s1. The number of aryl methyl sites for hydroxylation is 1. The van der Waals surface area contributed by atoms with Crippen LogP contribution < -0.4 is 0 Å². The van der Waals surface area contributed by atoms with Gasteiger partial charge in [-0.1, -0.05) is 53.6 Å². The number of nitrogens with zero attached hydrogens (tertiary/aromatic N) is 2. The molecule has 0 aliphatic carbocycles. The summed E-state index contributed by atoms with van der Waals surface area (Å²) in [4.78, 5) is 51.5. The number of hydrazine groups is 1. The zero-order valence-corrected chi connectivity index (χ0v) is 17.0. The van der Waals surface area contributed by atoms with Crippen LogP contribution in [-0.4, -0.2) is 39.6 Å². The monoisotopic (exact) mass is 412 g/mol. The minimum absolute atomic E-state index is 0.115. The number of rotatable bonds is 5. The number of piperidine rings is 1. The molecule has 0 unspecified atom stereocenters. The van der Waals surface area contributed by atoms with Crippen LogP contribution in [-0.2, 0) is 9.59 Å². The van der Waals surface area contributed by atoms with Crippen molar-refractivity contribution in [1.29, 1.82) is 0 Å². The Kier molecular flexibility index (Phi) is 6.13. The van der Waals surface area contributed by atoms with E-state index in [4.69, 9.17) is 11.6 Å². The van der Waals surface area contributed by atoms with Crippen molar-refractivity contribution in [2.45, 2.75) is 39.2 Å². The van der Waals surface area contributed by atoms with Crippen LogP contribution in [0.1, 0.15) is 52.5 Å². The molecule has 0 saturated carbocycles. The molecule has 29 heavy (non-hydrogen) atoms. The first-order valence-electron chi connectivity index (χ1n) is 9.36. The predicted molar refractivity (Wildman–Crippen MR) is 108 cm³/mol. The van der Waals surface area contributed by atoms with Gasteiger partial charge in [0.2, 0.25) is 11.8 Å². The summed E-state index contributed by atoms with van der Waals surface area (Å²) < 4.78 is 0. The third kappa shape index (κ3) is 4.22. The zero-order valence-electron chi connectivity index (χ0n) is 16.2. The van der Waals surface area contributed by atoms with E-state index in [1.807, 2.05) is 6.92 Å². The summed E-state index contributed by atoms with van der Waals surface area (Å²) in [5.41, 5.74) is 1.49. The number of hydrogen-bond acceptors (Lipinski definition) is 4. The average molecular weight is 413 g/mol. The number of carbonyl (C=O) groups is 4. The van der Waals surface area contributed by atoms with Crippen molar-refractivity contribution in [3.63, 3.8) is 0 Å². The molecule has 2 aromatic rings. The van der Waals surface area contributed by atoms with Crippen LogP contribution in [0.4, 0.5) is 0 Å². The molecule has 1 heterocycles. The maximum Gasteiger partial charge on any atom is 0.275 e. The Labute approximate surface area is 174 Å². The first kappa shape index (κ1) is 20.7. The molecular formula is C22H21ClN2O4. The van der Waals surface area contributed by atoms with Crippen LogP contribution in [0.15, 0.2) is 48.5 Å². The third-order valence-corrected chi connectivity index (χ3v) is 5.19. The molecule has 0 N–H and O–H groups in total. The van der Waals surface area contributed by atoms with Crippen molar-refractivity contribution in [1.82, 2.24) is 10.0 Å². The summed E-state index contributed by atoms with van der Waals surface area (Å²) in [7, 11) is 0. The largest absolute Gasteiger partial charge is 0.292 e. The Morgan fingerprint density at radius 3 is 2.17 bits per heavy atom.